The molecule has 0 radical (unpaired) electrons. The maximum atomic E-state index is 13.0. The van der Waals surface area contributed by atoms with Gasteiger partial charge in [-0.2, -0.15) is 0 Å². The fraction of sp³-hybridized carbons (Fsp3) is 0.462. The van der Waals surface area contributed by atoms with Crippen LogP contribution in [0.4, 0.5) is 8.78 Å². The Labute approximate surface area is 130 Å². The number of amides is 1. The lowest BCUT2D eigenvalue weighted by Gasteiger charge is -2.15. The van der Waals surface area contributed by atoms with Crippen molar-refractivity contribution < 1.29 is 18.7 Å². The number of carbonyl (C=O) groups excluding carboxylic acids is 1. The Hall–Kier alpha value is -0.950. The first-order valence-corrected chi connectivity index (χ1v) is 7.05. The van der Waals surface area contributed by atoms with Gasteiger partial charge < -0.3 is 10.4 Å². The van der Waals surface area contributed by atoms with Gasteiger partial charge in [-0.25, -0.2) is 8.78 Å². The molecule has 8 heteroatoms. The molecule has 1 amide bonds. The second-order valence-corrected chi connectivity index (χ2v) is 5.83. The molecular weight excluding hydrogens is 325 g/mol. The number of aliphatic hydroxyl groups is 1. The van der Waals surface area contributed by atoms with Gasteiger partial charge in [0.25, 0.3) is 5.92 Å². The molecule has 0 aromatic heterocycles. The van der Waals surface area contributed by atoms with Gasteiger partial charge in [0.2, 0.25) is 5.91 Å². The van der Waals surface area contributed by atoms with Crippen molar-refractivity contribution in [1.82, 2.24) is 10.6 Å². The Balaban J connectivity index is 1.89. The van der Waals surface area contributed by atoms with E-state index < -0.39 is 36.9 Å². The highest BCUT2D eigenvalue weighted by Gasteiger charge is 2.42. The van der Waals surface area contributed by atoms with Crippen LogP contribution in [0.3, 0.4) is 0 Å². The summed E-state index contributed by atoms with van der Waals surface area (Å²) in [6.45, 7) is -0.628. The summed E-state index contributed by atoms with van der Waals surface area (Å²) in [6.07, 6.45) is -1.56. The van der Waals surface area contributed by atoms with Gasteiger partial charge in [0, 0.05) is 23.0 Å². The molecule has 0 spiro atoms. The Morgan fingerprint density at radius 3 is 2.57 bits per heavy atom. The summed E-state index contributed by atoms with van der Waals surface area (Å²) in [5.74, 6) is -3.44. The van der Waals surface area contributed by atoms with E-state index in [2.05, 4.69) is 10.6 Å². The average Bonchev–Trinajstić information content (AvgIpc) is 2.75. The Morgan fingerprint density at radius 1 is 1.43 bits per heavy atom. The SMILES string of the molecule is O=C(NCC(O)c1cc(Cl)cc(Cl)c1)C1CC(F)(F)CN1. The summed E-state index contributed by atoms with van der Waals surface area (Å²) in [5.41, 5.74) is 0.442. The smallest absolute Gasteiger partial charge is 0.262 e. The van der Waals surface area contributed by atoms with E-state index in [0.717, 1.165) is 0 Å². The van der Waals surface area contributed by atoms with Gasteiger partial charge in [-0.05, 0) is 23.8 Å². The Kier molecular flexibility index (Phi) is 5.03. The molecule has 21 heavy (non-hydrogen) atoms. The van der Waals surface area contributed by atoms with E-state index in [-0.39, 0.29) is 6.54 Å². The third-order valence-corrected chi connectivity index (χ3v) is 3.60. The van der Waals surface area contributed by atoms with Crippen molar-refractivity contribution in [3.63, 3.8) is 0 Å². The largest absolute Gasteiger partial charge is 0.387 e. The summed E-state index contributed by atoms with van der Waals surface area (Å²) in [7, 11) is 0. The van der Waals surface area contributed by atoms with Crippen LogP contribution in [0, 0.1) is 0 Å². The van der Waals surface area contributed by atoms with E-state index in [0.29, 0.717) is 15.6 Å². The maximum absolute atomic E-state index is 13.0. The fourth-order valence-electron chi connectivity index (χ4n) is 2.11. The number of benzene rings is 1. The number of hydrogen-bond donors (Lipinski definition) is 3. The summed E-state index contributed by atoms with van der Waals surface area (Å²) in [5, 5.41) is 15.6. The molecule has 0 bridgehead atoms. The highest BCUT2D eigenvalue weighted by Crippen LogP contribution is 2.26. The predicted octanol–water partition coefficient (Wildman–Crippen LogP) is 2.14. The predicted molar refractivity (Wildman–Crippen MR) is 75.8 cm³/mol. The van der Waals surface area contributed by atoms with Gasteiger partial charge in [0.1, 0.15) is 0 Å². The van der Waals surface area contributed by atoms with E-state index in [9.17, 15) is 18.7 Å². The monoisotopic (exact) mass is 338 g/mol. The summed E-state index contributed by atoms with van der Waals surface area (Å²) < 4.78 is 26.0. The van der Waals surface area contributed by atoms with E-state index in [1.807, 2.05) is 0 Å². The third-order valence-electron chi connectivity index (χ3n) is 3.17. The number of alkyl halides is 2. The first-order valence-electron chi connectivity index (χ1n) is 6.30. The molecule has 116 valence electrons. The van der Waals surface area contributed by atoms with Gasteiger partial charge in [-0.1, -0.05) is 23.2 Å². The molecule has 1 aromatic carbocycles. The molecule has 1 aliphatic rings. The summed E-state index contributed by atoms with van der Waals surface area (Å²) in [6, 6.07) is 3.61. The zero-order valence-electron chi connectivity index (χ0n) is 10.9. The van der Waals surface area contributed by atoms with Crippen LogP contribution in [-0.2, 0) is 4.79 Å². The number of carbonyl (C=O) groups is 1. The van der Waals surface area contributed by atoms with Crippen LogP contribution in [0.5, 0.6) is 0 Å². The molecule has 3 N–H and O–H groups in total. The zero-order chi connectivity index (χ0) is 15.6. The zero-order valence-corrected chi connectivity index (χ0v) is 12.4. The highest BCUT2D eigenvalue weighted by molar-refractivity contribution is 6.34. The molecule has 1 heterocycles. The lowest BCUT2D eigenvalue weighted by molar-refractivity contribution is -0.123. The normalized spacial score (nSPS) is 22.0. The maximum Gasteiger partial charge on any atom is 0.262 e. The van der Waals surface area contributed by atoms with Crippen LogP contribution in [-0.4, -0.2) is 36.1 Å². The number of hydrogen-bond acceptors (Lipinski definition) is 3. The minimum Gasteiger partial charge on any atom is -0.387 e. The van der Waals surface area contributed by atoms with Crippen molar-refractivity contribution in [3.05, 3.63) is 33.8 Å². The quantitative estimate of drug-likeness (QED) is 0.788. The summed E-state index contributed by atoms with van der Waals surface area (Å²) >= 11 is 11.6. The van der Waals surface area contributed by atoms with Gasteiger partial charge in [-0.3, -0.25) is 10.1 Å². The topological polar surface area (TPSA) is 61.4 Å². The van der Waals surface area contributed by atoms with E-state index in [1.165, 1.54) is 18.2 Å². The van der Waals surface area contributed by atoms with Crippen LogP contribution in [0.25, 0.3) is 0 Å². The molecule has 2 rings (SSSR count). The third kappa shape index (κ3) is 4.51. The molecule has 0 aliphatic carbocycles. The van der Waals surface area contributed by atoms with E-state index >= 15 is 0 Å². The lowest BCUT2D eigenvalue weighted by Crippen LogP contribution is -2.41. The standard InChI is InChI=1S/C13H14Cl2F2N2O2/c14-8-1-7(2-9(15)3-8)11(20)5-18-12(21)10-4-13(16,17)6-19-10/h1-3,10-11,19-20H,4-6H2,(H,18,21). The number of nitrogens with one attached hydrogen (secondary N) is 2. The molecule has 1 saturated heterocycles. The highest BCUT2D eigenvalue weighted by atomic mass is 35.5. The molecule has 2 unspecified atom stereocenters. The first-order chi connectivity index (χ1) is 9.77. The van der Waals surface area contributed by atoms with Crippen molar-refractivity contribution >= 4 is 29.1 Å². The van der Waals surface area contributed by atoms with Crippen LogP contribution >= 0.6 is 23.2 Å². The van der Waals surface area contributed by atoms with Crippen LogP contribution in [0.1, 0.15) is 18.1 Å². The summed E-state index contributed by atoms with van der Waals surface area (Å²) in [4.78, 5) is 11.7. The molecule has 1 fully saturated rings. The molecule has 4 nitrogen and oxygen atoms in total. The van der Waals surface area contributed by atoms with Crippen LogP contribution in [0.15, 0.2) is 18.2 Å². The van der Waals surface area contributed by atoms with Crippen LogP contribution < -0.4 is 10.6 Å². The molecule has 1 aromatic rings. The molecular formula is C13H14Cl2F2N2O2. The van der Waals surface area contributed by atoms with Gasteiger partial charge >= 0.3 is 0 Å². The second-order valence-electron chi connectivity index (χ2n) is 4.96. The van der Waals surface area contributed by atoms with Crippen molar-refractivity contribution in [2.45, 2.75) is 24.5 Å². The van der Waals surface area contributed by atoms with Gasteiger partial charge in [-0.15, -0.1) is 0 Å². The minimum absolute atomic E-state index is 0.112. The van der Waals surface area contributed by atoms with Crippen LogP contribution in [0.2, 0.25) is 10.0 Å². The van der Waals surface area contributed by atoms with E-state index in [1.54, 1.807) is 0 Å². The van der Waals surface area contributed by atoms with Crippen molar-refractivity contribution in [2.75, 3.05) is 13.1 Å². The first kappa shape index (κ1) is 16.4. The van der Waals surface area contributed by atoms with Gasteiger partial charge in [0.05, 0.1) is 18.7 Å². The number of halogens is 4. The van der Waals surface area contributed by atoms with Crippen molar-refractivity contribution in [2.24, 2.45) is 0 Å². The van der Waals surface area contributed by atoms with Gasteiger partial charge in [0.15, 0.2) is 0 Å². The number of rotatable bonds is 4. The lowest BCUT2D eigenvalue weighted by atomic mass is 10.1. The van der Waals surface area contributed by atoms with E-state index in [4.69, 9.17) is 23.2 Å². The minimum atomic E-state index is -2.87. The van der Waals surface area contributed by atoms with Crippen molar-refractivity contribution in [1.29, 1.82) is 0 Å². The molecule has 2 atom stereocenters. The van der Waals surface area contributed by atoms with Crippen molar-refractivity contribution in [3.8, 4) is 0 Å². The molecule has 1 aliphatic heterocycles. The fourth-order valence-corrected chi connectivity index (χ4v) is 2.65. The Bertz CT molecular complexity index is 523. The number of aliphatic hydroxyl groups excluding tert-OH is 1. The average molecular weight is 339 g/mol. The molecule has 0 saturated carbocycles. The second kappa shape index (κ2) is 6.44. The Morgan fingerprint density at radius 2 is 2.05 bits per heavy atom.